The number of benzene rings is 3. The molecule has 0 bridgehead atoms. The monoisotopic (exact) mass is 523 g/mol. The molecular formula is C31H32F3NO3. The summed E-state index contributed by atoms with van der Waals surface area (Å²) in [5, 5.41) is 10.8. The molecular weight excluding hydrogens is 491 g/mol. The maximum absolute atomic E-state index is 14.6. The van der Waals surface area contributed by atoms with Gasteiger partial charge in [-0.3, -0.25) is 9.29 Å². The molecule has 0 unspecified atom stereocenters. The third kappa shape index (κ3) is 5.39. The molecule has 0 saturated carbocycles. The molecule has 38 heavy (non-hydrogen) atoms. The van der Waals surface area contributed by atoms with Crippen LogP contribution in [0.2, 0.25) is 0 Å². The number of allylic oxidation sites excluding steroid dienone is 1. The summed E-state index contributed by atoms with van der Waals surface area (Å²) >= 11 is 0. The molecule has 0 spiro atoms. The second kappa shape index (κ2) is 11.5. The summed E-state index contributed by atoms with van der Waals surface area (Å²) < 4.78 is 52.6. The van der Waals surface area contributed by atoms with Crippen LogP contribution in [-0.2, 0) is 6.42 Å². The van der Waals surface area contributed by atoms with Crippen LogP contribution in [0.5, 0.6) is 17.2 Å². The van der Waals surface area contributed by atoms with Crippen molar-refractivity contribution in [1.82, 2.24) is 4.90 Å². The fraction of sp³-hybridized carbons (Fsp3) is 0.355. The Kier molecular flexibility index (Phi) is 7.93. The van der Waals surface area contributed by atoms with E-state index in [1.807, 2.05) is 30.3 Å². The molecule has 1 atom stereocenters. The van der Waals surface area contributed by atoms with Crippen LogP contribution in [0.3, 0.4) is 0 Å². The highest BCUT2D eigenvalue weighted by Crippen LogP contribution is 2.42. The Morgan fingerprint density at radius 3 is 2.50 bits per heavy atom. The molecule has 1 heterocycles. The van der Waals surface area contributed by atoms with Crippen molar-refractivity contribution in [2.24, 2.45) is 0 Å². The molecule has 1 fully saturated rings. The van der Waals surface area contributed by atoms with Gasteiger partial charge >= 0.3 is 0 Å². The number of nitrogens with zero attached hydrogens (tertiary/aromatic N) is 1. The highest BCUT2D eigenvalue weighted by atomic mass is 19.1. The van der Waals surface area contributed by atoms with Gasteiger partial charge < -0.3 is 14.6 Å². The molecule has 5 rings (SSSR count). The van der Waals surface area contributed by atoms with Gasteiger partial charge in [-0.2, -0.15) is 0 Å². The van der Waals surface area contributed by atoms with Crippen LogP contribution >= 0.6 is 0 Å². The largest absolute Gasteiger partial charge is 0.507 e. The standard InChI is InChI=1S/C31H32F3NO3/c1-37-31-27(33)17-21(18-28(31)34)30-26-6-3-2-5-24(25(26)11-12-29(30)36)20-7-9-22(10-8-20)38-23-13-16-35(19-23)15-4-14-32/h5,7-12,17-18,23,36H,2-4,6,13-16,19H2,1H3/t23-/m0/s1. The average molecular weight is 524 g/mol. The number of phenols is 1. The summed E-state index contributed by atoms with van der Waals surface area (Å²) in [5.41, 5.74) is 4.52. The first-order chi connectivity index (χ1) is 18.5. The first kappa shape index (κ1) is 26.2. The second-order valence-electron chi connectivity index (χ2n) is 9.87. The maximum Gasteiger partial charge on any atom is 0.190 e. The van der Waals surface area contributed by atoms with E-state index in [0.717, 1.165) is 66.9 Å². The first-order valence-electron chi connectivity index (χ1n) is 13.1. The summed E-state index contributed by atoms with van der Waals surface area (Å²) in [6.07, 6.45) is 6.09. The van der Waals surface area contributed by atoms with Gasteiger partial charge in [-0.25, -0.2) is 8.78 Å². The minimum absolute atomic E-state index is 0.0187. The van der Waals surface area contributed by atoms with E-state index >= 15 is 0 Å². The van der Waals surface area contributed by atoms with Gasteiger partial charge in [-0.1, -0.05) is 24.3 Å². The average Bonchev–Trinajstić information content (AvgIpc) is 3.24. The summed E-state index contributed by atoms with van der Waals surface area (Å²) in [6.45, 7) is 2.19. The van der Waals surface area contributed by atoms with Crippen LogP contribution in [0, 0.1) is 11.6 Å². The third-order valence-corrected chi connectivity index (χ3v) is 7.36. The van der Waals surface area contributed by atoms with Crippen LogP contribution in [0.1, 0.15) is 42.4 Å². The lowest BCUT2D eigenvalue weighted by Crippen LogP contribution is -2.26. The summed E-state index contributed by atoms with van der Waals surface area (Å²) in [7, 11) is 1.22. The van der Waals surface area contributed by atoms with Crippen molar-refractivity contribution in [3.05, 3.63) is 82.9 Å². The summed E-state index contributed by atoms with van der Waals surface area (Å²) in [4.78, 5) is 2.24. The zero-order chi connectivity index (χ0) is 26.6. The van der Waals surface area contributed by atoms with Crippen molar-refractivity contribution in [3.8, 4) is 28.4 Å². The van der Waals surface area contributed by atoms with Crippen LogP contribution in [0.15, 0.2) is 54.6 Å². The first-order valence-corrected chi connectivity index (χ1v) is 13.1. The van der Waals surface area contributed by atoms with Gasteiger partial charge in [0.25, 0.3) is 0 Å². The smallest absolute Gasteiger partial charge is 0.190 e. The van der Waals surface area contributed by atoms with E-state index in [1.54, 1.807) is 6.07 Å². The number of alkyl halides is 1. The SMILES string of the molecule is COc1c(F)cc(-c2c(O)ccc3c2CCCC=C3c2ccc(O[C@H]3CCN(CCCF)C3)cc2)cc1F. The maximum atomic E-state index is 14.6. The molecule has 0 amide bonds. The third-order valence-electron chi connectivity index (χ3n) is 7.36. The minimum atomic E-state index is -0.813. The molecule has 0 radical (unpaired) electrons. The molecule has 200 valence electrons. The molecule has 2 aliphatic rings. The van der Waals surface area contributed by atoms with Crippen molar-refractivity contribution >= 4 is 5.57 Å². The number of phenolic OH excluding ortho intramolecular Hbond substituents is 1. The van der Waals surface area contributed by atoms with Gasteiger partial charge in [0.05, 0.1) is 13.8 Å². The van der Waals surface area contributed by atoms with E-state index in [2.05, 4.69) is 11.0 Å². The van der Waals surface area contributed by atoms with Gasteiger partial charge in [0, 0.05) is 25.2 Å². The predicted octanol–water partition coefficient (Wildman–Crippen LogP) is 6.93. The molecule has 1 aliphatic heterocycles. The normalized spacial score (nSPS) is 17.6. The molecule has 7 heteroatoms. The Balaban J connectivity index is 1.42. The molecule has 1 aliphatic carbocycles. The van der Waals surface area contributed by atoms with Crippen molar-refractivity contribution < 1.29 is 27.8 Å². The van der Waals surface area contributed by atoms with Gasteiger partial charge in [-0.05, 0) is 90.3 Å². The van der Waals surface area contributed by atoms with E-state index in [-0.39, 0.29) is 24.1 Å². The predicted molar refractivity (Wildman–Crippen MR) is 143 cm³/mol. The number of ether oxygens (including phenoxy) is 2. The zero-order valence-corrected chi connectivity index (χ0v) is 21.5. The summed E-state index contributed by atoms with van der Waals surface area (Å²) in [5.74, 6) is -1.30. The Morgan fingerprint density at radius 1 is 1.03 bits per heavy atom. The van der Waals surface area contributed by atoms with Crippen molar-refractivity contribution in [2.75, 3.05) is 33.4 Å². The number of methoxy groups -OCH3 is 1. The fourth-order valence-electron chi connectivity index (χ4n) is 5.56. The van der Waals surface area contributed by atoms with E-state index in [1.165, 1.54) is 19.2 Å². The fourth-order valence-corrected chi connectivity index (χ4v) is 5.56. The number of hydrogen-bond acceptors (Lipinski definition) is 4. The lowest BCUT2D eigenvalue weighted by Gasteiger charge is -2.19. The van der Waals surface area contributed by atoms with Crippen LogP contribution < -0.4 is 9.47 Å². The zero-order valence-electron chi connectivity index (χ0n) is 21.5. The highest BCUT2D eigenvalue weighted by molar-refractivity contribution is 5.87. The van der Waals surface area contributed by atoms with Gasteiger partial charge in [0.2, 0.25) is 0 Å². The second-order valence-corrected chi connectivity index (χ2v) is 9.87. The Labute approximate surface area is 221 Å². The molecule has 1 saturated heterocycles. The number of halogens is 3. The van der Waals surface area contributed by atoms with E-state index < -0.39 is 17.4 Å². The van der Waals surface area contributed by atoms with Crippen LogP contribution in [0.4, 0.5) is 13.2 Å². The van der Waals surface area contributed by atoms with E-state index in [0.29, 0.717) is 18.4 Å². The minimum Gasteiger partial charge on any atom is -0.507 e. The molecule has 3 aromatic carbocycles. The Bertz CT molecular complexity index is 1300. The quantitative estimate of drug-likeness (QED) is 0.348. The van der Waals surface area contributed by atoms with Gasteiger partial charge in [0.15, 0.2) is 17.4 Å². The Morgan fingerprint density at radius 2 is 1.79 bits per heavy atom. The topological polar surface area (TPSA) is 41.9 Å². The van der Waals surface area contributed by atoms with Crippen LogP contribution in [-0.4, -0.2) is 49.5 Å². The number of likely N-dealkylation sites (tertiary alicyclic amines) is 1. The van der Waals surface area contributed by atoms with Crippen molar-refractivity contribution in [2.45, 2.75) is 38.2 Å². The van der Waals surface area contributed by atoms with E-state index in [9.17, 15) is 18.3 Å². The molecule has 1 N–H and O–H groups in total. The number of aromatic hydroxyl groups is 1. The van der Waals surface area contributed by atoms with E-state index in [4.69, 9.17) is 9.47 Å². The lowest BCUT2D eigenvalue weighted by atomic mass is 9.87. The summed E-state index contributed by atoms with van der Waals surface area (Å²) in [6, 6.07) is 13.8. The van der Waals surface area contributed by atoms with Gasteiger partial charge in [-0.15, -0.1) is 0 Å². The number of rotatable bonds is 8. The highest BCUT2D eigenvalue weighted by Gasteiger charge is 2.25. The van der Waals surface area contributed by atoms with Crippen LogP contribution in [0.25, 0.3) is 16.7 Å². The lowest BCUT2D eigenvalue weighted by molar-refractivity contribution is 0.198. The molecule has 4 nitrogen and oxygen atoms in total. The number of hydrogen-bond donors (Lipinski definition) is 1. The van der Waals surface area contributed by atoms with Crippen molar-refractivity contribution in [1.29, 1.82) is 0 Å². The molecule has 3 aromatic rings. The van der Waals surface area contributed by atoms with Crippen molar-refractivity contribution in [3.63, 3.8) is 0 Å². The van der Waals surface area contributed by atoms with Gasteiger partial charge in [0.1, 0.15) is 17.6 Å². The molecule has 0 aromatic heterocycles. The number of fused-ring (bicyclic) bond motifs is 1. The Hall–Kier alpha value is -3.45.